The topological polar surface area (TPSA) is 74.3 Å². The molecule has 0 aliphatic carbocycles. The van der Waals surface area contributed by atoms with Gasteiger partial charge in [-0.2, -0.15) is 9.97 Å². The molecular weight excluding hydrogens is 687 g/mol. The molecule has 4 aromatic heterocycles. The Labute approximate surface area is 321 Å². The third-order valence-electron chi connectivity index (χ3n) is 10.4. The largest absolute Gasteiger partial charge is 0.294 e. The molecule has 7 heteroatoms. The van der Waals surface area contributed by atoms with E-state index < -0.39 is 0 Å². The van der Waals surface area contributed by atoms with Crippen LogP contribution in [0, 0.1) is 0 Å². The molecule has 0 spiro atoms. The van der Waals surface area contributed by atoms with Crippen LogP contribution < -0.4 is 0 Å². The Morgan fingerprint density at radius 2 is 0.661 bits per heavy atom. The number of fused-ring (bicyclic) bond motifs is 6. The summed E-state index contributed by atoms with van der Waals surface area (Å²) >= 11 is 0. The fourth-order valence-electron chi connectivity index (χ4n) is 7.82. The molecule has 0 amide bonds. The zero-order valence-corrected chi connectivity index (χ0v) is 30.0. The van der Waals surface area contributed by atoms with E-state index in [0.717, 1.165) is 66.6 Å². The van der Waals surface area contributed by atoms with Crippen LogP contribution in [0.2, 0.25) is 0 Å². The van der Waals surface area contributed by atoms with Gasteiger partial charge in [-0.25, -0.2) is 15.0 Å². The summed E-state index contributed by atoms with van der Waals surface area (Å²) in [4.78, 5) is 25.6. The van der Waals surface area contributed by atoms with E-state index in [2.05, 4.69) is 137 Å². The number of hydrogen-bond donors (Lipinski definition) is 0. The van der Waals surface area contributed by atoms with E-state index in [1.807, 2.05) is 60.7 Å². The van der Waals surface area contributed by atoms with Crippen molar-refractivity contribution in [2.75, 3.05) is 0 Å². The maximum Gasteiger partial charge on any atom is 0.238 e. The fraction of sp³-hybridized carbons (Fsp3) is 0. The van der Waals surface area contributed by atoms with Crippen molar-refractivity contribution in [3.8, 4) is 57.2 Å². The lowest BCUT2D eigenvalue weighted by atomic mass is 10.1. The van der Waals surface area contributed by atoms with Gasteiger partial charge in [0, 0.05) is 49.9 Å². The summed E-state index contributed by atoms with van der Waals surface area (Å²) in [6.45, 7) is 0. The number of rotatable bonds is 6. The van der Waals surface area contributed by atoms with E-state index in [4.69, 9.17) is 24.9 Å². The third-order valence-corrected chi connectivity index (χ3v) is 10.4. The molecule has 11 aromatic rings. The smallest absolute Gasteiger partial charge is 0.238 e. The fourth-order valence-corrected chi connectivity index (χ4v) is 7.82. The average Bonchev–Trinajstić information content (AvgIpc) is 3.80. The van der Waals surface area contributed by atoms with Gasteiger partial charge in [-0.15, -0.1) is 0 Å². The van der Waals surface area contributed by atoms with Gasteiger partial charge < -0.3 is 0 Å². The first-order valence-electron chi connectivity index (χ1n) is 18.6. The Morgan fingerprint density at radius 1 is 0.286 bits per heavy atom. The molecule has 0 atom stereocenters. The van der Waals surface area contributed by atoms with E-state index in [1.54, 1.807) is 0 Å². The predicted octanol–water partition coefficient (Wildman–Crippen LogP) is 11.5. The van der Waals surface area contributed by atoms with Crippen molar-refractivity contribution in [1.29, 1.82) is 0 Å². The van der Waals surface area contributed by atoms with Crippen LogP contribution in [0.4, 0.5) is 0 Å². The molecule has 11 rings (SSSR count). The van der Waals surface area contributed by atoms with Gasteiger partial charge in [0.25, 0.3) is 0 Å². The van der Waals surface area contributed by atoms with Crippen LogP contribution in [-0.2, 0) is 0 Å². The van der Waals surface area contributed by atoms with Crippen LogP contribution in [0.5, 0.6) is 0 Å². The molecule has 7 nitrogen and oxygen atoms in total. The van der Waals surface area contributed by atoms with Crippen LogP contribution in [0.15, 0.2) is 188 Å². The SMILES string of the molecule is c1ccc(-c2cc(-n3c4ccccc4c4ccccc43)nc(-c3ccc(-c4nc(-c5ccccc5)nc(-n5c6ccccc6c6ccccc65)n4)cc3)n2)cc1. The molecule has 0 aliphatic rings. The molecule has 0 aliphatic heterocycles. The highest BCUT2D eigenvalue weighted by molar-refractivity contribution is 6.10. The van der Waals surface area contributed by atoms with Gasteiger partial charge in [0.05, 0.1) is 27.8 Å². The summed E-state index contributed by atoms with van der Waals surface area (Å²) in [6, 6.07) is 64.4. The van der Waals surface area contributed by atoms with Crippen LogP contribution in [0.3, 0.4) is 0 Å². The molecule has 56 heavy (non-hydrogen) atoms. The molecule has 0 N–H and O–H groups in total. The summed E-state index contributed by atoms with van der Waals surface area (Å²) in [5.74, 6) is 3.17. The highest BCUT2D eigenvalue weighted by atomic mass is 15.2. The van der Waals surface area contributed by atoms with E-state index in [9.17, 15) is 0 Å². The van der Waals surface area contributed by atoms with E-state index in [-0.39, 0.29) is 0 Å². The zero-order chi connectivity index (χ0) is 37.0. The van der Waals surface area contributed by atoms with Crippen LogP contribution in [0.25, 0.3) is 101 Å². The molecule has 0 bridgehead atoms. The minimum atomic E-state index is 0.560. The molecule has 7 aromatic carbocycles. The minimum Gasteiger partial charge on any atom is -0.294 e. The van der Waals surface area contributed by atoms with E-state index in [1.165, 1.54) is 10.8 Å². The van der Waals surface area contributed by atoms with Gasteiger partial charge in [-0.3, -0.25) is 9.13 Å². The molecule has 262 valence electrons. The highest BCUT2D eigenvalue weighted by Crippen LogP contribution is 2.35. The summed E-state index contributed by atoms with van der Waals surface area (Å²) < 4.78 is 4.37. The number of nitrogens with zero attached hydrogens (tertiary/aromatic N) is 7. The number of aromatic nitrogens is 7. The lowest BCUT2D eigenvalue weighted by molar-refractivity contribution is 0.953. The molecule has 0 unspecified atom stereocenters. The number of hydrogen-bond acceptors (Lipinski definition) is 5. The van der Waals surface area contributed by atoms with Crippen molar-refractivity contribution in [3.05, 3.63) is 188 Å². The van der Waals surface area contributed by atoms with E-state index in [0.29, 0.717) is 23.4 Å². The number of para-hydroxylation sites is 4. The lowest BCUT2D eigenvalue weighted by Crippen LogP contribution is -2.06. The van der Waals surface area contributed by atoms with Crippen LogP contribution in [0.1, 0.15) is 0 Å². The summed E-state index contributed by atoms with van der Waals surface area (Å²) in [5.41, 5.74) is 8.78. The van der Waals surface area contributed by atoms with E-state index >= 15 is 0 Å². The number of benzene rings is 7. The molecule has 0 saturated heterocycles. The summed E-state index contributed by atoms with van der Waals surface area (Å²) in [7, 11) is 0. The Morgan fingerprint density at radius 3 is 1.14 bits per heavy atom. The van der Waals surface area contributed by atoms with Crippen molar-refractivity contribution in [2.24, 2.45) is 0 Å². The van der Waals surface area contributed by atoms with Gasteiger partial charge in [-0.1, -0.05) is 158 Å². The van der Waals surface area contributed by atoms with Crippen molar-refractivity contribution in [2.45, 2.75) is 0 Å². The van der Waals surface area contributed by atoms with Gasteiger partial charge in [0.1, 0.15) is 5.82 Å². The second-order valence-electron chi connectivity index (χ2n) is 13.8. The molecule has 4 heterocycles. The van der Waals surface area contributed by atoms with Crippen LogP contribution >= 0.6 is 0 Å². The normalized spacial score (nSPS) is 11.6. The zero-order valence-electron chi connectivity index (χ0n) is 30.0. The first-order valence-corrected chi connectivity index (χ1v) is 18.6. The third kappa shape index (κ3) is 5.25. The standard InChI is InChI=1S/C49H31N7/c1-3-15-32(16-4-1)40-31-45(55-41-23-11-7-19-36(41)37-20-8-12-24-42(37)55)51-46(50-40)34-27-29-35(30-28-34)48-52-47(33-17-5-2-6-18-33)53-49(54-48)56-43-25-13-9-21-38(43)39-22-10-14-26-44(39)56/h1-31H. The van der Waals surface area contributed by atoms with Crippen molar-refractivity contribution < 1.29 is 0 Å². The first-order chi connectivity index (χ1) is 27.8. The maximum absolute atomic E-state index is 5.24. The maximum atomic E-state index is 5.24. The molecular formula is C49H31N7. The van der Waals surface area contributed by atoms with Gasteiger partial charge in [0.15, 0.2) is 17.5 Å². The molecule has 0 fully saturated rings. The lowest BCUT2D eigenvalue weighted by Gasteiger charge is -2.13. The summed E-state index contributed by atoms with van der Waals surface area (Å²) in [5, 5.41) is 4.66. The highest BCUT2D eigenvalue weighted by Gasteiger charge is 2.19. The Kier molecular flexibility index (Phi) is 7.35. The van der Waals surface area contributed by atoms with Gasteiger partial charge in [0.2, 0.25) is 5.95 Å². The predicted molar refractivity (Wildman–Crippen MR) is 226 cm³/mol. The van der Waals surface area contributed by atoms with Gasteiger partial charge >= 0.3 is 0 Å². The Balaban J connectivity index is 1.07. The van der Waals surface area contributed by atoms with Gasteiger partial charge in [-0.05, 0) is 24.3 Å². The summed E-state index contributed by atoms with van der Waals surface area (Å²) in [6.07, 6.45) is 0. The van der Waals surface area contributed by atoms with Crippen molar-refractivity contribution in [1.82, 2.24) is 34.1 Å². The van der Waals surface area contributed by atoms with Crippen molar-refractivity contribution in [3.63, 3.8) is 0 Å². The minimum absolute atomic E-state index is 0.560. The monoisotopic (exact) mass is 717 g/mol. The molecule has 0 radical (unpaired) electrons. The first kappa shape index (κ1) is 31.7. The van der Waals surface area contributed by atoms with Crippen molar-refractivity contribution >= 4 is 43.6 Å². The quantitative estimate of drug-likeness (QED) is 0.171. The Hall–Kier alpha value is -7.77. The molecule has 0 saturated carbocycles. The average molecular weight is 718 g/mol. The second kappa shape index (κ2) is 13.0. The Bertz CT molecular complexity index is 2910. The second-order valence-corrected chi connectivity index (χ2v) is 13.8. The van der Waals surface area contributed by atoms with Crippen LogP contribution in [-0.4, -0.2) is 34.1 Å².